The Kier molecular flexibility index (Phi) is 7.25. The van der Waals surface area contributed by atoms with Crippen molar-refractivity contribution in [3.8, 4) is 0 Å². The van der Waals surface area contributed by atoms with E-state index in [1.165, 1.54) is 16.7 Å². The Morgan fingerprint density at radius 3 is 2.33 bits per heavy atom. The lowest BCUT2D eigenvalue weighted by Gasteiger charge is -2.12. The van der Waals surface area contributed by atoms with E-state index >= 15 is 0 Å². The Labute approximate surface area is 162 Å². The summed E-state index contributed by atoms with van der Waals surface area (Å²) in [6.07, 6.45) is 0. The van der Waals surface area contributed by atoms with Crippen LogP contribution in [0.4, 0.5) is 11.4 Å². The summed E-state index contributed by atoms with van der Waals surface area (Å²) >= 11 is 1.31. The van der Waals surface area contributed by atoms with E-state index in [0.29, 0.717) is 11.3 Å². The maximum absolute atomic E-state index is 12.2. The third-order valence-corrected chi connectivity index (χ3v) is 4.61. The highest BCUT2D eigenvalue weighted by Gasteiger charge is 2.09. The second-order valence-electron chi connectivity index (χ2n) is 5.93. The van der Waals surface area contributed by atoms with Gasteiger partial charge in [0.1, 0.15) is 0 Å². The van der Waals surface area contributed by atoms with Crippen molar-refractivity contribution in [3.05, 3.63) is 54.1 Å². The first-order chi connectivity index (χ1) is 12.9. The molecule has 4 N–H and O–H groups in total. The molecule has 0 saturated heterocycles. The minimum atomic E-state index is -0.399. The molecule has 0 fully saturated rings. The highest BCUT2D eigenvalue weighted by molar-refractivity contribution is 8.00. The van der Waals surface area contributed by atoms with E-state index in [2.05, 4.69) is 10.6 Å². The van der Waals surface area contributed by atoms with Gasteiger partial charge in [0, 0.05) is 35.9 Å². The number of carbonyl (C=O) groups excluding carboxylic acids is 3. The van der Waals surface area contributed by atoms with Crippen LogP contribution in [-0.2, 0) is 9.59 Å². The first-order valence-electron chi connectivity index (χ1n) is 8.22. The van der Waals surface area contributed by atoms with E-state index < -0.39 is 5.91 Å². The molecule has 0 unspecified atom stereocenters. The van der Waals surface area contributed by atoms with Gasteiger partial charge in [0.15, 0.2) is 0 Å². The molecule has 0 spiro atoms. The van der Waals surface area contributed by atoms with Crippen LogP contribution in [0.2, 0.25) is 0 Å². The van der Waals surface area contributed by atoms with Crippen LogP contribution in [0.25, 0.3) is 0 Å². The normalized spacial score (nSPS) is 10.1. The summed E-state index contributed by atoms with van der Waals surface area (Å²) in [4.78, 5) is 37.3. The molecule has 27 heavy (non-hydrogen) atoms. The van der Waals surface area contributed by atoms with Crippen molar-refractivity contribution in [2.45, 2.75) is 4.90 Å². The number of nitrogens with one attached hydrogen (secondary N) is 2. The van der Waals surface area contributed by atoms with Gasteiger partial charge in [-0.1, -0.05) is 12.1 Å². The molecule has 0 aliphatic carbocycles. The van der Waals surface area contributed by atoms with Crippen LogP contribution < -0.4 is 16.4 Å². The molecule has 2 aromatic rings. The predicted molar refractivity (Wildman–Crippen MR) is 108 cm³/mol. The third-order valence-electron chi connectivity index (χ3n) is 3.52. The van der Waals surface area contributed by atoms with Crippen molar-refractivity contribution in [3.63, 3.8) is 0 Å². The second kappa shape index (κ2) is 9.63. The number of nitrogens with two attached hydrogens (primary N) is 1. The number of carbonyl (C=O) groups is 3. The molecule has 7 nitrogen and oxygen atoms in total. The van der Waals surface area contributed by atoms with Gasteiger partial charge >= 0.3 is 0 Å². The summed E-state index contributed by atoms with van der Waals surface area (Å²) in [7, 11) is 3.37. The maximum atomic E-state index is 12.2. The van der Waals surface area contributed by atoms with Crippen LogP contribution in [0.1, 0.15) is 10.4 Å². The van der Waals surface area contributed by atoms with Crippen molar-refractivity contribution in [1.29, 1.82) is 0 Å². The van der Waals surface area contributed by atoms with Crippen LogP contribution in [0, 0.1) is 0 Å². The zero-order chi connectivity index (χ0) is 19.8. The van der Waals surface area contributed by atoms with E-state index in [4.69, 9.17) is 5.73 Å². The van der Waals surface area contributed by atoms with Crippen LogP contribution in [0.15, 0.2) is 53.4 Å². The van der Waals surface area contributed by atoms with Crippen molar-refractivity contribution in [1.82, 2.24) is 4.90 Å². The number of primary amides is 1. The average molecular weight is 386 g/mol. The van der Waals surface area contributed by atoms with Gasteiger partial charge in [0.2, 0.25) is 11.8 Å². The fourth-order valence-corrected chi connectivity index (χ4v) is 2.99. The minimum absolute atomic E-state index is 0.0620. The Bertz CT molecular complexity index is 822. The summed E-state index contributed by atoms with van der Waals surface area (Å²) in [6, 6.07) is 14.1. The molecule has 0 saturated carbocycles. The molecule has 0 heterocycles. The lowest BCUT2D eigenvalue weighted by molar-refractivity contribution is -0.116. The van der Waals surface area contributed by atoms with Gasteiger partial charge in [0.25, 0.3) is 5.91 Å². The van der Waals surface area contributed by atoms with Gasteiger partial charge in [-0.05, 0) is 36.4 Å². The Morgan fingerprint density at radius 2 is 1.70 bits per heavy atom. The topological polar surface area (TPSA) is 105 Å². The number of para-hydroxylation sites is 1. The number of hydrogen-bond donors (Lipinski definition) is 3. The highest BCUT2D eigenvalue weighted by atomic mass is 32.2. The summed E-state index contributed by atoms with van der Waals surface area (Å²) in [5.41, 5.74) is 7.09. The van der Waals surface area contributed by atoms with Crippen LogP contribution in [-0.4, -0.2) is 49.0 Å². The lowest BCUT2D eigenvalue weighted by Crippen LogP contribution is -2.23. The number of amides is 3. The zero-order valence-corrected chi connectivity index (χ0v) is 16.0. The number of benzene rings is 2. The Balaban J connectivity index is 1.91. The highest BCUT2D eigenvalue weighted by Crippen LogP contribution is 2.26. The Hall–Kier alpha value is -3.00. The van der Waals surface area contributed by atoms with Crippen molar-refractivity contribution < 1.29 is 14.4 Å². The summed E-state index contributed by atoms with van der Waals surface area (Å²) in [6.45, 7) is 0.0620. The number of thioether (sulfide) groups is 1. The first-order valence-corrected chi connectivity index (χ1v) is 9.21. The largest absolute Gasteiger partial charge is 0.375 e. The third kappa shape index (κ3) is 6.34. The van der Waals surface area contributed by atoms with E-state index in [1.54, 1.807) is 38.4 Å². The number of hydrogen-bond acceptors (Lipinski definition) is 5. The van der Waals surface area contributed by atoms with Gasteiger partial charge in [-0.2, -0.15) is 0 Å². The summed E-state index contributed by atoms with van der Waals surface area (Å²) in [5.74, 6) is -0.553. The van der Waals surface area contributed by atoms with Crippen molar-refractivity contribution >= 4 is 40.9 Å². The van der Waals surface area contributed by atoms with Gasteiger partial charge in [-0.15, -0.1) is 11.8 Å². The Morgan fingerprint density at radius 1 is 1.04 bits per heavy atom. The zero-order valence-electron chi connectivity index (χ0n) is 15.2. The molecule has 0 radical (unpaired) electrons. The van der Waals surface area contributed by atoms with Crippen molar-refractivity contribution in [2.75, 3.05) is 37.0 Å². The molecule has 0 aromatic heterocycles. The number of rotatable bonds is 8. The summed E-state index contributed by atoms with van der Waals surface area (Å²) < 4.78 is 0. The molecule has 8 heteroatoms. The molecule has 0 bridgehead atoms. The molecular weight excluding hydrogens is 364 g/mol. The monoisotopic (exact) mass is 386 g/mol. The molecule has 2 rings (SSSR count). The predicted octanol–water partition coefficient (Wildman–Crippen LogP) is 2.02. The quantitative estimate of drug-likeness (QED) is 0.602. The van der Waals surface area contributed by atoms with Crippen LogP contribution in [0.5, 0.6) is 0 Å². The smallest absolute Gasteiger partial charge is 0.253 e. The van der Waals surface area contributed by atoms with E-state index in [9.17, 15) is 14.4 Å². The van der Waals surface area contributed by atoms with Gasteiger partial charge < -0.3 is 21.3 Å². The van der Waals surface area contributed by atoms with E-state index in [1.807, 2.05) is 24.3 Å². The SMILES string of the molecule is CN(C)C(=O)c1ccc(NC(=O)CNc2ccccc2SCC(N)=O)cc1. The average Bonchev–Trinajstić information content (AvgIpc) is 2.65. The number of anilines is 2. The second-order valence-corrected chi connectivity index (χ2v) is 6.95. The molecular formula is C19H22N4O3S. The van der Waals surface area contributed by atoms with Crippen LogP contribution >= 0.6 is 11.8 Å². The molecule has 0 atom stereocenters. The van der Waals surface area contributed by atoms with Gasteiger partial charge in [-0.25, -0.2) is 0 Å². The standard InChI is InChI=1S/C19H22N4O3S/c1-23(2)19(26)13-7-9-14(10-8-13)22-18(25)11-21-15-5-3-4-6-16(15)27-12-17(20)24/h3-10,21H,11-12H2,1-2H3,(H2,20,24)(H,22,25). The fourth-order valence-electron chi connectivity index (χ4n) is 2.22. The van der Waals surface area contributed by atoms with Gasteiger partial charge in [-0.3, -0.25) is 14.4 Å². The fraction of sp³-hybridized carbons (Fsp3) is 0.211. The number of nitrogens with zero attached hydrogens (tertiary/aromatic N) is 1. The molecule has 0 aliphatic rings. The molecule has 2 aromatic carbocycles. The molecule has 3 amide bonds. The van der Waals surface area contributed by atoms with E-state index in [0.717, 1.165) is 10.6 Å². The van der Waals surface area contributed by atoms with Gasteiger partial charge in [0.05, 0.1) is 12.3 Å². The molecule has 142 valence electrons. The van der Waals surface area contributed by atoms with E-state index in [-0.39, 0.29) is 24.1 Å². The summed E-state index contributed by atoms with van der Waals surface area (Å²) in [5, 5.41) is 5.83. The minimum Gasteiger partial charge on any atom is -0.375 e. The lowest BCUT2D eigenvalue weighted by atomic mass is 10.2. The molecule has 0 aliphatic heterocycles. The maximum Gasteiger partial charge on any atom is 0.253 e. The van der Waals surface area contributed by atoms with Crippen LogP contribution in [0.3, 0.4) is 0 Å². The van der Waals surface area contributed by atoms with Crippen molar-refractivity contribution in [2.24, 2.45) is 5.73 Å². The first kappa shape index (κ1) is 20.3.